The van der Waals surface area contributed by atoms with Gasteiger partial charge in [-0.2, -0.15) is 0 Å². The van der Waals surface area contributed by atoms with Crippen molar-refractivity contribution < 1.29 is 8.42 Å². The van der Waals surface area contributed by atoms with E-state index in [0.717, 1.165) is 10.6 Å². The summed E-state index contributed by atoms with van der Waals surface area (Å²) in [4.78, 5) is 4.00. The van der Waals surface area contributed by atoms with Gasteiger partial charge in [0, 0.05) is 20.3 Å². The molecule has 0 aliphatic rings. The third kappa shape index (κ3) is 2.14. The van der Waals surface area contributed by atoms with Crippen LogP contribution in [-0.4, -0.2) is 33.8 Å². The molecule has 0 saturated heterocycles. The largest absolute Gasteiger partial charge is 0.385 e. The van der Waals surface area contributed by atoms with Crippen LogP contribution in [0.5, 0.6) is 0 Å². The first-order valence-electron chi connectivity index (χ1n) is 4.03. The summed E-state index contributed by atoms with van der Waals surface area (Å²) in [6, 6.07) is 3.51. The Kier molecular flexibility index (Phi) is 2.95. The number of hydrogen-bond donors (Lipinski definition) is 1. The number of nitrogens with zero attached hydrogens (tertiary/aromatic N) is 2. The van der Waals surface area contributed by atoms with Crippen LogP contribution in [0.3, 0.4) is 0 Å². The Morgan fingerprint density at radius 3 is 2.64 bits per heavy atom. The second-order valence-electron chi connectivity index (χ2n) is 2.86. The fraction of sp³-hybridized carbons (Fsp3) is 0.375. The van der Waals surface area contributed by atoms with E-state index in [1.165, 1.54) is 7.05 Å². The molecule has 0 radical (unpaired) electrons. The van der Waals surface area contributed by atoms with Crippen molar-refractivity contribution in [1.29, 1.82) is 0 Å². The Balaban J connectivity index is 3.19. The van der Waals surface area contributed by atoms with Gasteiger partial charge >= 0.3 is 0 Å². The van der Waals surface area contributed by atoms with Crippen LogP contribution in [0.4, 0.5) is 11.5 Å². The van der Waals surface area contributed by atoms with Gasteiger partial charge < -0.3 is 5.32 Å². The third-order valence-electron chi connectivity index (χ3n) is 1.85. The molecule has 1 N–H and O–H groups in total. The molecule has 0 spiro atoms. The van der Waals surface area contributed by atoms with Crippen LogP contribution in [0.25, 0.3) is 0 Å². The number of anilines is 2. The molecule has 0 atom stereocenters. The Labute approximate surface area is 83.8 Å². The zero-order chi connectivity index (χ0) is 10.8. The number of nitrogens with one attached hydrogen (secondary N) is 1. The first-order valence-corrected chi connectivity index (χ1v) is 5.88. The molecule has 1 rings (SSSR count). The minimum absolute atomic E-state index is 0.400. The maximum absolute atomic E-state index is 11.3. The second kappa shape index (κ2) is 3.83. The minimum atomic E-state index is -3.26. The molecular weight excluding hydrogens is 202 g/mol. The van der Waals surface area contributed by atoms with Crippen LogP contribution in [0, 0.1) is 0 Å². The number of hydrogen-bond acceptors (Lipinski definition) is 4. The van der Waals surface area contributed by atoms with Gasteiger partial charge in [-0.05, 0) is 12.1 Å². The maximum atomic E-state index is 11.3. The van der Waals surface area contributed by atoms with Crippen molar-refractivity contribution in [2.45, 2.75) is 0 Å². The molecule has 0 saturated carbocycles. The molecule has 1 aromatic heterocycles. The number of aromatic nitrogens is 1. The molecule has 0 aromatic carbocycles. The fourth-order valence-corrected chi connectivity index (χ4v) is 1.46. The zero-order valence-electron chi connectivity index (χ0n) is 8.35. The molecule has 5 nitrogen and oxygen atoms in total. The summed E-state index contributed by atoms with van der Waals surface area (Å²) in [6.45, 7) is 0. The molecular formula is C8H13N3O2S. The van der Waals surface area contributed by atoms with E-state index in [2.05, 4.69) is 10.3 Å². The lowest BCUT2D eigenvalue weighted by Crippen LogP contribution is -2.26. The monoisotopic (exact) mass is 215 g/mol. The van der Waals surface area contributed by atoms with Gasteiger partial charge in [-0.25, -0.2) is 13.4 Å². The summed E-state index contributed by atoms with van der Waals surface area (Å²) in [5, 5.41) is 2.88. The van der Waals surface area contributed by atoms with Gasteiger partial charge in [0.1, 0.15) is 0 Å². The SMILES string of the molecule is CNc1cccnc1N(C)S(C)(=O)=O. The van der Waals surface area contributed by atoms with Crippen LogP contribution < -0.4 is 9.62 Å². The average molecular weight is 215 g/mol. The molecule has 1 heterocycles. The van der Waals surface area contributed by atoms with Crippen LogP contribution >= 0.6 is 0 Å². The van der Waals surface area contributed by atoms with Crippen LogP contribution in [-0.2, 0) is 10.0 Å². The first-order chi connectivity index (χ1) is 6.46. The van der Waals surface area contributed by atoms with Crippen LogP contribution in [0.15, 0.2) is 18.3 Å². The number of rotatable bonds is 3. The molecule has 0 fully saturated rings. The molecule has 14 heavy (non-hydrogen) atoms. The van der Waals surface area contributed by atoms with Gasteiger partial charge in [0.25, 0.3) is 0 Å². The number of pyridine rings is 1. The van der Waals surface area contributed by atoms with E-state index in [1.807, 2.05) is 0 Å². The number of sulfonamides is 1. The van der Waals surface area contributed by atoms with Crippen LogP contribution in [0.2, 0.25) is 0 Å². The molecule has 0 aliphatic heterocycles. The van der Waals surface area contributed by atoms with Crippen molar-refractivity contribution in [2.24, 2.45) is 0 Å². The maximum Gasteiger partial charge on any atom is 0.233 e. The summed E-state index contributed by atoms with van der Waals surface area (Å²) in [5.41, 5.74) is 0.681. The van der Waals surface area contributed by atoms with E-state index in [1.54, 1.807) is 25.4 Å². The highest BCUT2D eigenvalue weighted by atomic mass is 32.2. The van der Waals surface area contributed by atoms with Gasteiger partial charge in [0.05, 0.1) is 11.9 Å². The van der Waals surface area contributed by atoms with Gasteiger partial charge in [-0.15, -0.1) is 0 Å². The van der Waals surface area contributed by atoms with Crippen molar-refractivity contribution in [1.82, 2.24) is 4.98 Å². The normalized spacial score (nSPS) is 11.1. The summed E-state index contributed by atoms with van der Waals surface area (Å²) in [6.07, 6.45) is 2.69. The first kappa shape index (κ1) is 10.8. The van der Waals surface area contributed by atoms with E-state index in [0.29, 0.717) is 11.5 Å². The zero-order valence-corrected chi connectivity index (χ0v) is 9.17. The summed E-state index contributed by atoms with van der Waals surface area (Å²) >= 11 is 0. The smallest absolute Gasteiger partial charge is 0.233 e. The summed E-state index contributed by atoms with van der Waals surface area (Å²) in [5.74, 6) is 0.400. The quantitative estimate of drug-likeness (QED) is 0.798. The Morgan fingerprint density at radius 2 is 2.14 bits per heavy atom. The van der Waals surface area contributed by atoms with Gasteiger partial charge in [0.15, 0.2) is 5.82 Å². The summed E-state index contributed by atoms with van der Waals surface area (Å²) < 4.78 is 23.7. The van der Waals surface area contributed by atoms with E-state index in [-0.39, 0.29) is 0 Å². The van der Waals surface area contributed by atoms with Crippen molar-refractivity contribution in [3.63, 3.8) is 0 Å². The van der Waals surface area contributed by atoms with Gasteiger partial charge in [-0.1, -0.05) is 0 Å². The molecule has 78 valence electrons. The Hall–Kier alpha value is -1.30. The molecule has 0 unspecified atom stereocenters. The minimum Gasteiger partial charge on any atom is -0.385 e. The lowest BCUT2D eigenvalue weighted by Gasteiger charge is -2.18. The van der Waals surface area contributed by atoms with Crippen molar-refractivity contribution in [2.75, 3.05) is 30.0 Å². The van der Waals surface area contributed by atoms with E-state index >= 15 is 0 Å². The van der Waals surface area contributed by atoms with Gasteiger partial charge in [-0.3, -0.25) is 4.31 Å². The average Bonchev–Trinajstić information content (AvgIpc) is 2.15. The molecule has 0 bridgehead atoms. The van der Waals surface area contributed by atoms with E-state index in [9.17, 15) is 8.42 Å². The summed E-state index contributed by atoms with van der Waals surface area (Å²) in [7, 11) is -0.0680. The predicted octanol–water partition coefficient (Wildman–Crippen LogP) is 0.519. The Morgan fingerprint density at radius 1 is 1.50 bits per heavy atom. The van der Waals surface area contributed by atoms with E-state index in [4.69, 9.17) is 0 Å². The highest BCUT2D eigenvalue weighted by Gasteiger charge is 2.15. The Bertz CT molecular complexity index is 416. The second-order valence-corrected chi connectivity index (χ2v) is 4.87. The fourth-order valence-electron chi connectivity index (χ4n) is 1.00. The lowest BCUT2D eigenvalue weighted by atomic mass is 10.4. The highest BCUT2D eigenvalue weighted by Crippen LogP contribution is 2.22. The van der Waals surface area contributed by atoms with Crippen molar-refractivity contribution >= 4 is 21.5 Å². The molecule has 0 amide bonds. The van der Waals surface area contributed by atoms with Crippen LogP contribution in [0.1, 0.15) is 0 Å². The van der Waals surface area contributed by atoms with Gasteiger partial charge in [0.2, 0.25) is 10.0 Å². The topological polar surface area (TPSA) is 62.3 Å². The highest BCUT2D eigenvalue weighted by molar-refractivity contribution is 7.92. The van der Waals surface area contributed by atoms with Crippen molar-refractivity contribution in [3.8, 4) is 0 Å². The predicted molar refractivity (Wildman–Crippen MR) is 57.0 cm³/mol. The lowest BCUT2D eigenvalue weighted by molar-refractivity contribution is 0.600. The molecule has 6 heteroatoms. The molecule has 1 aromatic rings. The molecule has 0 aliphatic carbocycles. The third-order valence-corrected chi connectivity index (χ3v) is 3.02. The standard InChI is InChI=1S/C8H13N3O2S/c1-9-7-5-4-6-10-8(7)11(2)14(3,12)13/h4-6,9H,1-3H3. The van der Waals surface area contributed by atoms with Crippen molar-refractivity contribution in [3.05, 3.63) is 18.3 Å². The van der Waals surface area contributed by atoms with E-state index < -0.39 is 10.0 Å².